The third-order valence-electron chi connectivity index (χ3n) is 3.64. The molecule has 114 valence electrons. The van der Waals surface area contributed by atoms with Crippen LogP contribution in [0.1, 0.15) is 27.2 Å². The number of anilines is 1. The van der Waals surface area contributed by atoms with Gasteiger partial charge in [-0.1, -0.05) is 6.92 Å². The Morgan fingerprint density at radius 3 is 2.40 bits per heavy atom. The maximum Gasteiger partial charge on any atom is 0.247 e. The molecule has 0 aliphatic rings. The zero-order chi connectivity index (χ0) is 15.7. The second-order valence-electron chi connectivity index (χ2n) is 5.16. The quantitative estimate of drug-likeness (QED) is 0.815. The van der Waals surface area contributed by atoms with Crippen molar-refractivity contribution < 1.29 is 13.2 Å². The van der Waals surface area contributed by atoms with Crippen LogP contribution < -0.4 is 10.5 Å². The molecule has 0 aliphatic carbocycles. The van der Waals surface area contributed by atoms with Gasteiger partial charge in [-0.25, -0.2) is 8.42 Å². The van der Waals surface area contributed by atoms with E-state index in [-0.39, 0.29) is 10.6 Å². The molecule has 0 saturated carbocycles. The minimum absolute atomic E-state index is 0.0738. The van der Waals surface area contributed by atoms with Crippen molar-refractivity contribution in [2.75, 3.05) is 19.9 Å². The molecule has 5 nitrogen and oxygen atoms in total. The summed E-state index contributed by atoms with van der Waals surface area (Å²) >= 11 is 3.26. The lowest BCUT2D eigenvalue weighted by molar-refractivity contribution is 0.256. The van der Waals surface area contributed by atoms with Gasteiger partial charge in [-0.15, -0.1) is 0 Å². The first-order chi connectivity index (χ1) is 9.07. The first-order valence-corrected chi connectivity index (χ1v) is 8.43. The molecule has 1 aromatic rings. The molecule has 0 heterocycles. The summed E-state index contributed by atoms with van der Waals surface area (Å²) in [6, 6.07) is 2.98. The van der Waals surface area contributed by atoms with E-state index < -0.39 is 15.6 Å². The topological polar surface area (TPSA) is 72.6 Å². The van der Waals surface area contributed by atoms with Crippen molar-refractivity contribution in [1.82, 2.24) is 4.31 Å². The van der Waals surface area contributed by atoms with Gasteiger partial charge in [0.2, 0.25) is 10.0 Å². The van der Waals surface area contributed by atoms with Crippen molar-refractivity contribution in [3.05, 3.63) is 16.6 Å². The van der Waals surface area contributed by atoms with Gasteiger partial charge in [0.15, 0.2) is 0 Å². The maximum absolute atomic E-state index is 12.8. The molecular weight excluding hydrogens is 344 g/mol. The summed E-state index contributed by atoms with van der Waals surface area (Å²) in [6.45, 7) is 5.69. The monoisotopic (exact) mass is 364 g/mol. The summed E-state index contributed by atoms with van der Waals surface area (Å²) in [7, 11) is -0.685. The van der Waals surface area contributed by atoms with E-state index in [1.807, 2.05) is 20.8 Å². The Hall–Kier alpha value is -0.790. The normalized spacial score (nSPS) is 12.8. The number of nitrogen functional groups attached to an aromatic ring is 1. The van der Waals surface area contributed by atoms with Crippen molar-refractivity contribution in [2.45, 2.75) is 37.6 Å². The average Bonchev–Trinajstić information content (AvgIpc) is 2.40. The van der Waals surface area contributed by atoms with Crippen LogP contribution in [0.25, 0.3) is 0 Å². The highest BCUT2D eigenvalue weighted by atomic mass is 79.9. The highest BCUT2D eigenvalue weighted by Crippen LogP contribution is 2.35. The van der Waals surface area contributed by atoms with Gasteiger partial charge in [0, 0.05) is 22.7 Å². The molecule has 2 N–H and O–H groups in total. The molecule has 1 aromatic carbocycles. The van der Waals surface area contributed by atoms with Crippen molar-refractivity contribution in [3.8, 4) is 5.75 Å². The molecule has 0 saturated heterocycles. The third kappa shape index (κ3) is 3.10. The van der Waals surface area contributed by atoms with Crippen LogP contribution >= 0.6 is 15.9 Å². The van der Waals surface area contributed by atoms with E-state index >= 15 is 0 Å². The molecule has 20 heavy (non-hydrogen) atoms. The Balaban J connectivity index is 3.47. The Morgan fingerprint density at radius 2 is 1.95 bits per heavy atom. The van der Waals surface area contributed by atoms with Gasteiger partial charge in [0.1, 0.15) is 10.6 Å². The number of sulfonamides is 1. The van der Waals surface area contributed by atoms with Crippen LogP contribution in [0.2, 0.25) is 0 Å². The van der Waals surface area contributed by atoms with Crippen molar-refractivity contribution >= 4 is 31.6 Å². The van der Waals surface area contributed by atoms with Gasteiger partial charge in [-0.3, -0.25) is 0 Å². The Labute approximate surface area is 129 Å². The summed E-state index contributed by atoms with van der Waals surface area (Å²) in [4.78, 5) is 0.0738. The molecule has 7 heteroatoms. The Morgan fingerprint density at radius 1 is 1.40 bits per heavy atom. The van der Waals surface area contributed by atoms with Crippen molar-refractivity contribution in [2.24, 2.45) is 0 Å². The van der Waals surface area contributed by atoms with Gasteiger partial charge in [-0.2, -0.15) is 4.31 Å². The second-order valence-corrected chi connectivity index (χ2v) is 7.96. The summed E-state index contributed by atoms with van der Waals surface area (Å²) in [5.74, 6) is 0.268. The number of nitrogens with two attached hydrogens (primary N) is 1. The minimum atomic E-state index is -3.68. The van der Waals surface area contributed by atoms with Gasteiger partial charge < -0.3 is 10.5 Å². The number of benzene rings is 1. The highest BCUT2D eigenvalue weighted by molar-refractivity contribution is 9.10. The minimum Gasteiger partial charge on any atom is -0.495 e. The first kappa shape index (κ1) is 17.3. The zero-order valence-electron chi connectivity index (χ0n) is 12.4. The summed E-state index contributed by atoms with van der Waals surface area (Å²) in [5.41, 5.74) is 5.66. The molecule has 0 atom stereocenters. The second kappa shape index (κ2) is 5.91. The third-order valence-corrected chi connectivity index (χ3v) is 6.42. The fraction of sp³-hybridized carbons (Fsp3) is 0.538. The molecule has 0 radical (unpaired) electrons. The summed E-state index contributed by atoms with van der Waals surface area (Å²) < 4.78 is 32.6. The molecule has 0 amide bonds. The van der Waals surface area contributed by atoms with E-state index in [1.165, 1.54) is 17.5 Å². The SMILES string of the molecule is CCC(C)(C)N(C)S(=O)(=O)c1cc(N)c(Br)cc1OC. The number of hydrogen-bond donors (Lipinski definition) is 1. The molecule has 0 unspecified atom stereocenters. The van der Waals surface area contributed by atoms with E-state index in [1.54, 1.807) is 13.1 Å². The lowest BCUT2D eigenvalue weighted by atomic mass is 10.0. The molecule has 0 bridgehead atoms. The molecular formula is C13H21BrN2O3S. The summed E-state index contributed by atoms with van der Waals surface area (Å²) in [5, 5.41) is 0. The fourth-order valence-electron chi connectivity index (χ4n) is 1.61. The lowest BCUT2D eigenvalue weighted by Crippen LogP contribution is -2.44. The lowest BCUT2D eigenvalue weighted by Gasteiger charge is -2.34. The van der Waals surface area contributed by atoms with Crippen LogP contribution in [-0.4, -0.2) is 32.4 Å². The predicted molar refractivity (Wildman–Crippen MR) is 84.4 cm³/mol. The number of ether oxygens (including phenoxy) is 1. The van der Waals surface area contributed by atoms with Crippen LogP contribution in [0, 0.1) is 0 Å². The zero-order valence-corrected chi connectivity index (χ0v) is 14.8. The number of halogens is 1. The average molecular weight is 365 g/mol. The molecule has 1 rings (SSSR count). The van der Waals surface area contributed by atoms with E-state index in [0.29, 0.717) is 16.6 Å². The van der Waals surface area contributed by atoms with Gasteiger partial charge in [0.25, 0.3) is 0 Å². The first-order valence-electron chi connectivity index (χ1n) is 6.20. The van der Waals surface area contributed by atoms with Gasteiger partial charge in [0.05, 0.1) is 7.11 Å². The van der Waals surface area contributed by atoms with E-state index in [0.717, 1.165) is 0 Å². The van der Waals surface area contributed by atoms with Crippen LogP contribution in [0.4, 0.5) is 5.69 Å². The van der Waals surface area contributed by atoms with Crippen LogP contribution in [0.5, 0.6) is 5.75 Å². The molecule has 0 spiro atoms. The van der Waals surface area contributed by atoms with Crippen molar-refractivity contribution in [1.29, 1.82) is 0 Å². The van der Waals surface area contributed by atoms with Crippen LogP contribution in [-0.2, 0) is 10.0 Å². The van der Waals surface area contributed by atoms with Gasteiger partial charge >= 0.3 is 0 Å². The summed E-state index contributed by atoms with van der Waals surface area (Å²) in [6.07, 6.45) is 0.692. The standard InChI is InChI=1S/C13H21BrN2O3S/c1-6-13(2,3)16(4)20(17,18)12-8-10(15)9(14)7-11(12)19-5/h7-8H,6,15H2,1-5H3. The fourth-order valence-corrected chi connectivity index (χ4v) is 3.68. The number of rotatable bonds is 5. The molecule has 0 aliphatic heterocycles. The Kier molecular flexibility index (Phi) is 5.10. The highest BCUT2D eigenvalue weighted by Gasteiger charge is 2.34. The molecule has 0 fully saturated rings. The van der Waals surface area contributed by atoms with Crippen LogP contribution in [0.3, 0.4) is 0 Å². The van der Waals surface area contributed by atoms with Crippen LogP contribution in [0.15, 0.2) is 21.5 Å². The maximum atomic E-state index is 12.8. The van der Waals surface area contributed by atoms with E-state index in [9.17, 15) is 8.42 Å². The largest absolute Gasteiger partial charge is 0.495 e. The number of hydrogen-bond acceptors (Lipinski definition) is 4. The number of methoxy groups -OCH3 is 1. The number of nitrogens with zero attached hydrogens (tertiary/aromatic N) is 1. The van der Waals surface area contributed by atoms with E-state index in [2.05, 4.69) is 15.9 Å². The smallest absolute Gasteiger partial charge is 0.247 e. The van der Waals surface area contributed by atoms with Crippen molar-refractivity contribution in [3.63, 3.8) is 0 Å². The van der Waals surface area contributed by atoms with E-state index in [4.69, 9.17) is 10.5 Å². The molecule has 0 aromatic heterocycles. The predicted octanol–water partition coefficient (Wildman–Crippen LogP) is 2.85. The van der Waals surface area contributed by atoms with Gasteiger partial charge in [-0.05, 0) is 48.3 Å². The Bertz CT molecular complexity index is 600.